The second-order valence-electron chi connectivity index (χ2n) is 9.56. The average molecular weight is 539 g/mol. The number of ether oxygens (including phenoxy) is 2. The van der Waals surface area contributed by atoms with Gasteiger partial charge in [-0.3, -0.25) is 14.4 Å². The maximum Gasteiger partial charge on any atom is 0.266 e. The number of carbonyl (C=O) groups is 2. The van der Waals surface area contributed by atoms with Crippen LogP contribution in [0.5, 0.6) is 11.5 Å². The smallest absolute Gasteiger partial charge is 0.266 e. The van der Waals surface area contributed by atoms with Gasteiger partial charge in [0.2, 0.25) is 5.91 Å². The Morgan fingerprint density at radius 1 is 0.775 bits per heavy atom. The summed E-state index contributed by atoms with van der Waals surface area (Å²) in [6, 6.07) is 29.3. The Balaban J connectivity index is 1.37. The summed E-state index contributed by atoms with van der Waals surface area (Å²) in [6.45, 7) is 2.67. The van der Waals surface area contributed by atoms with Crippen LogP contribution in [0.2, 0.25) is 0 Å². The zero-order valence-electron chi connectivity index (χ0n) is 21.8. The van der Waals surface area contributed by atoms with E-state index in [0.29, 0.717) is 36.1 Å². The average Bonchev–Trinajstić information content (AvgIpc) is 3.49. The number of rotatable bonds is 8. The first-order valence-electron chi connectivity index (χ1n) is 13.1. The molecular formula is C32H27FN2O5. The van der Waals surface area contributed by atoms with Crippen molar-refractivity contribution in [1.29, 1.82) is 0 Å². The number of benzene rings is 4. The molecule has 0 radical (unpaired) electrons. The van der Waals surface area contributed by atoms with Crippen molar-refractivity contribution in [2.45, 2.75) is 25.7 Å². The summed E-state index contributed by atoms with van der Waals surface area (Å²) in [6.07, 6.45) is -1.03. The lowest BCUT2D eigenvalue weighted by molar-refractivity contribution is -0.126. The number of hydrogen-bond donors (Lipinski definition) is 0. The Bertz CT molecular complexity index is 1510. The molecule has 0 aromatic heterocycles. The molecule has 4 aromatic carbocycles. The molecule has 40 heavy (non-hydrogen) atoms. The molecule has 202 valence electrons. The molecule has 0 bridgehead atoms. The number of hydroxylamine groups is 1. The number of hydrogen-bond acceptors (Lipinski definition) is 6. The van der Waals surface area contributed by atoms with Crippen LogP contribution in [0.1, 0.15) is 24.1 Å². The number of fused-ring (bicyclic) bond motifs is 1. The van der Waals surface area contributed by atoms with Crippen LogP contribution in [0.4, 0.5) is 15.8 Å². The van der Waals surface area contributed by atoms with Crippen molar-refractivity contribution < 1.29 is 28.3 Å². The van der Waals surface area contributed by atoms with E-state index in [0.717, 1.165) is 16.0 Å². The van der Waals surface area contributed by atoms with Gasteiger partial charge in [0.1, 0.15) is 18.3 Å². The van der Waals surface area contributed by atoms with Gasteiger partial charge < -0.3 is 9.47 Å². The molecule has 2 aliphatic rings. The van der Waals surface area contributed by atoms with Gasteiger partial charge in [0.25, 0.3) is 5.91 Å². The fourth-order valence-corrected chi connectivity index (χ4v) is 5.23. The van der Waals surface area contributed by atoms with Crippen molar-refractivity contribution in [2.75, 3.05) is 16.6 Å². The minimum atomic E-state index is -1.03. The molecule has 2 fully saturated rings. The van der Waals surface area contributed by atoms with Crippen molar-refractivity contribution in [3.8, 4) is 11.5 Å². The largest absolute Gasteiger partial charge is 0.490 e. The van der Waals surface area contributed by atoms with Crippen LogP contribution in [0.15, 0.2) is 103 Å². The third-order valence-corrected chi connectivity index (χ3v) is 7.06. The van der Waals surface area contributed by atoms with Crippen LogP contribution in [0, 0.1) is 11.7 Å². The highest BCUT2D eigenvalue weighted by molar-refractivity contribution is 6.23. The summed E-state index contributed by atoms with van der Waals surface area (Å²) in [5.41, 5.74) is 2.76. The van der Waals surface area contributed by atoms with Gasteiger partial charge in [-0.1, -0.05) is 54.6 Å². The standard InChI is InChI=1S/C32H27FN2O5/c1-2-38-27-19-22(13-18-26(27)39-20-21-9-5-3-6-10-21)29-28-30(40-35(29)25-11-7-4-8-12-25)32(37)34(31(28)36)24-16-14-23(33)15-17-24/h3-19,28-30H,2,20H2,1H3/t28-,29-,30-/m1/s1. The Kier molecular flexibility index (Phi) is 6.92. The fraction of sp³-hybridized carbons (Fsp3) is 0.188. The molecule has 2 aliphatic heterocycles. The van der Waals surface area contributed by atoms with Crippen molar-refractivity contribution in [3.05, 3.63) is 120 Å². The number of halogens is 1. The third kappa shape index (κ3) is 4.67. The van der Waals surface area contributed by atoms with Crippen LogP contribution in [-0.4, -0.2) is 24.5 Å². The Morgan fingerprint density at radius 3 is 2.17 bits per heavy atom. The highest BCUT2D eigenvalue weighted by atomic mass is 19.1. The second-order valence-corrected chi connectivity index (χ2v) is 9.56. The number of anilines is 2. The van der Waals surface area contributed by atoms with Crippen LogP contribution in [-0.2, 0) is 21.0 Å². The summed E-state index contributed by atoms with van der Waals surface area (Å²) in [5.74, 6) is -1.09. The number of amides is 2. The molecule has 0 saturated carbocycles. The molecule has 0 spiro atoms. The second kappa shape index (κ2) is 10.8. The molecule has 4 aromatic rings. The van der Waals surface area contributed by atoms with E-state index in [1.54, 1.807) is 5.06 Å². The quantitative estimate of drug-likeness (QED) is 0.262. The van der Waals surface area contributed by atoms with Gasteiger partial charge in [0, 0.05) is 0 Å². The molecule has 0 N–H and O–H groups in total. The summed E-state index contributed by atoms with van der Waals surface area (Å²) < 4.78 is 25.6. The van der Waals surface area contributed by atoms with E-state index < -0.39 is 35.7 Å². The van der Waals surface area contributed by atoms with Crippen molar-refractivity contribution in [3.63, 3.8) is 0 Å². The molecule has 6 rings (SSSR count). The van der Waals surface area contributed by atoms with Gasteiger partial charge in [-0.05, 0) is 66.6 Å². The van der Waals surface area contributed by atoms with Gasteiger partial charge in [0.15, 0.2) is 17.6 Å². The maximum atomic E-state index is 13.8. The molecular weight excluding hydrogens is 511 g/mol. The normalized spacial score (nSPS) is 20.1. The van der Waals surface area contributed by atoms with Gasteiger partial charge in [-0.2, -0.15) is 0 Å². The topological polar surface area (TPSA) is 68.3 Å². The first-order chi connectivity index (χ1) is 19.5. The summed E-state index contributed by atoms with van der Waals surface area (Å²) in [5, 5.41) is 1.63. The van der Waals surface area contributed by atoms with Gasteiger partial charge in [-0.15, -0.1) is 0 Å². The highest BCUT2D eigenvalue weighted by Crippen LogP contribution is 2.48. The van der Waals surface area contributed by atoms with E-state index in [1.807, 2.05) is 85.8 Å². The zero-order valence-corrected chi connectivity index (χ0v) is 21.8. The minimum absolute atomic E-state index is 0.305. The van der Waals surface area contributed by atoms with E-state index in [1.165, 1.54) is 24.3 Å². The highest BCUT2D eigenvalue weighted by Gasteiger charge is 2.60. The maximum absolute atomic E-state index is 13.8. The monoisotopic (exact) mass is 538 g/mol. The van der Waals surface area contributed by atoms with Crippen LogP contribution >= 0.6 is 0 Å². The first kappa shape index (κ1) is 25.6. The zero-order chi connectivity index (χ0) is 27.6. The lowest BCUT2D eigenvalue weighted by Crippen LogP contribution is -2.37. The van der Waals surface area contributed by atoms with E-state index in [2.05, 4.69) is 0 Å². The van der Waals surface area contributed by atoms with Crippen molar-refractivity contribution >= 4 is 23.2 Å². The van der Waals surface area contributed by atoms with E-state index in [9.17, 15) is 14.0 Å². The molecule has 3 atom stereocenters. The van der Waals surface area contributed by atoms with E-state index >= 15 is 0 Å². The van der Waals surface area contributed by atoms with Crippen LogP contribution in [0.3, 0.4) is 0 Å². The lowest BCUT2D eigenvalue weighted by atomic mass is 9.90. The van der Waals surface area contributed by atoms with E-state index in [-0.39, 0.29) is 0 Å². The molecule has 2 amide bonds. The Morgan fingerprint density at radius 2 is 1.48 bits per heavy atom. The minimum Gasteiger partial charge on any atom is -0.490 e. The lowest BCUT2D eigenvalue weighted by Gasteiger charge is -2.29. The van der Waals surface area contributed by atoms with E-state index in [4.69, 9.17) is 14.3 Å². The molecule has 7 nitrogen and oxygen atoms in total. The Labute approximate surface area is 231 Å². The number of imide groups is 1. The number of carbonyl (C=O) groups excluding carboxylic acids is 2. The molecule has 8 heteroatoms. The molecule has 2 saturated heterocycles. The van der Waals surface area contributed by atoms with Gasteiger partial charge in [-0.25, -0.2) is 14.4 Å². The molecule has 2 heterocycles. The summed E-state index contributed by atoms with van der Waals surface area (Å²) in [4.78, 5) is 34.6. The molecule has 0 unspecified atom stereocenters. The fourth-order valence-electron chi connectivity index (χ4n) is 5.23. The van der Waals surface area contributed by atoms with Crippen molar-refractivity contribution in [1.82, 2.24) is 0 Å². The Hall–Kier alpha value is -4.69. The van der Waals surface area contributed by atoms with Gasteiger partial charge >= 0.3 is 0 Å². The van der Waals surface area contributed by atoms with Crippen molar-refractivity contribution in [2.24, 2.45) is 5.92 Å². The summed E-state index contributed by atoms with van der Waals surface area (Å²) >= 11 is 0. The predicted molar refractivity (Wildman–Crippen MR) is 147 cm³/mol. The van der Waals surface area contributed by atoms with Gasteiger partial charge in [0.05, 0.1) is 24.0 Å². The number of nitrogens with zero attached hydrogens (tertiary/aromatic N) is 2. The first-order valence-corrected chi connectivity index (χ1v) is 13.1. The van der Waals surface area contributed by atoms with Crippen LogP contribution < -0.4 is 19.4 Å². The van der Waals surface area contributed by atoms with Crippen LogP contribution in [0.25, 0.3) is 0 Å². The third-order valence-electron chi connectivity index (χ3n) is 7.06. The summed E-state index contributed by atoms with van der Waals surface area (Å²) in [7, 11) is 0. The molecule has 0 aliphatic carbocycles. The SMILES string of the molecule is CCOc1cc([C@@H]2[C@H]3C(=O)N(c4ccc(F)cc4)C(=O)[C@@H]3ON2c2ccccc2)ccc1OCc1ccccc1. The predicted octanol–water partition coefficient (Wildman–Crippen LogP) is 5.85. The number of para-hydroxylation sites is 1.